The lowest BCUT2D eigenvalue weighted by Crippen LogP contribution is -1.96. The van der Waals surface area contributed by atoms with Gasteiger partial charge in [-0.3, -0.25) is 0 Å². The Labute approximate surface area is 114 Å². The SMILES string of the molecule is Cc1ccc(CNc2nc3c(C)cccc3s2)s1. The van der Waals surface area contributed by atoms with Crippen LogP contribution in [0.3, 0.4) is 0 Å². The van der Waals surface area contributed by atoms with Crippen LogP contribution in [0.2, 0.25) is 0 Å². The van der Waals surface area contributed by atoms with Crippen molar-refractivity contribution in [2.75, 3.05) is 5.32 Å². The van der Waals surface area contributed by atoms with E-state index in [0.29, 0.717) is 0 Å². The Kier molecular flexibility index (Phi) is 3.06. The minimum Gasteiger partial charge on any atom is -0.357 e. The molecule has 92 valence electrons. The molecule has 0 amide bonds. The summed E-state index contributed by atoms with van der Waals surface area (Å²) in [7, 11) is 0. The number of fused-ring (bicyclic) bond motifs is 1. The van der Waals surface area contributed by atoms with E-state index in [1.165, 1.54) is 20.0 Å². The number of aryl methyl sites for hydroxylation is 2. The lowest BCUT2D eigenvalue weighted by Gasteiger charge is -1.98. The van der Waals surface area contributed by atoms with Crippen LogP contribution in [0.15, 0.2) is 30.3 Å². The highest BCUT2D eigenvalue weighted by atomic mass is 32.1. The van der Waals surface area contributed by atoms with E-state index < -0.39 is 0 Å². The molecule has 3 rings (SSSR count). The number of nitrogens with one attached hydrogen (secondary N) is 1. The highest BCUT2D eigenvalue weighted by Gasteiger charge is 2.05. The van der Waals surface area contributed by atoms with Crippen molar-refractivity contribution in [1.82, 2.24) is 4.98 Å². The van der Waals surface area contributed by atoms with Crippen LogP contribution < -0.4 is 5.32 Å². The molecule has 0 aliphatic carbocycles. The molecule has 0 unspecified atom stereocenters. The van der Waals surface area contributed by atoms with E-state index in [1.54, 1.807) is 11.3 Å². The zero-order chi connectivity index (χ0) is 12.5. The molecule has 1 aromatic carbocycles. The van der Waals surface area contributed by atoms with Gasteiger partial charge >= 0.3 is 0 Å². The summed E-state index contributed by atoms with van der Waals surface area (Å²) in [6.07, 6.45) is 0. The molecule has 2 heterocycles. The molecule has 0 atom stereocenters. The molecule has 0 fully saturated rings. The number of benzene rings is 1. The van der Waals surface area contributed by atoms with Crippen LogP contribution in [0, 0.1) is 13.8 Å². The third-order valence-corrected chi connectivity index (χ3v) is 4.81. The van der Waals surface area contributed by atoms with E-state index in [4.69, 9.17) is 0 Å². The second kappa shape index (κ2) is 4.71. The van der Waals surface area contributed by atoms with Crippen molar-refractivity contribution in [2.45, 2.75) is 20.4 Å². The Balaban J connectivity index is 1.81. The maximum absolute atomic E-state index is 4.65. The van der Waals surface area contributed by atoms with Gasteiger partial charge in [0.05, 0.1) is 16.8 Å². The molecule has 2 nitrogen and oxygen atoms in total. The van der Waals surface area contributed by atoms with E-state index in [9.17, 15) is 0 Å². The average Bonchev–Trinajstić information content (AvgIpc) is 2.93. The molecule has 0 saturated carbocycles. The Morgan fingerprint density at radius 1 is 1.11 bits per heavy atom. The van der Waals surface area contributed by atoms with Crippen molar-refractivity contribution < 1.29 is 0 Å². The van der Waals surface area contributed by atoms with Crippen molar-refractivity contribution in [2.24, 2.45) is 0 Å². The third kappa shape index (κ3) is 2.26. The average molecular weight is 274 g/mol. The van der Waals surface area contributed by atoms with Crippen LogP contribution >= 0.6 is 22.7 Å². The first-order valence-corrected chi connectivity index (χ1v) is 7.51. The van der Waals surface area contributed by atoms with Crippen LogP contribution in [-0.4, -0.2) is 4.98 Å². The van der Waals surface area contributed by atoms with Crippen LogP contribution in [0.25, 0.3) is 10.2 Å². The topological polar surface area (TPSA) is 24.9 Å². The Morgan fingerprint density at radius 2 is 2.00 bits per heavy atom. The molecule has 0 aliphatic rings. The smallest absolute Gasteiger partial charge is 0.184 e. The lowest BCUT2D eigenvalue weighted by atomic mass is 10.2. The molecule has 0 aliphatic heterocycles. The number of anilines is 1. The number of thiazole rings is 1. The minimum absolute atomic E-state index is 0.859. The van der Waals surface area contributed by atoms with E-state index in [1.807, 2.05) is 11.3 Å². The quantitative estimate of drug-likeness (QED) is 0.755. The number of thiophene rings is 1. The molecule has 0 saturated heterocycles. The van der Waals surface area contributed by atoms with Crippen molar-refractivity contribution in [1.29, 1.82) is 0 Å². The monoisotopic (exact) mass is 274 g/mol. The second-order valence-corrected chi connectivity index (χ2v) is 6.71. The van der Waals surface area contributed by atoms with E-state index in [2.05, 4.69) is 54.5 Å². The predicted molar refractivity (Wildman–Crippen MR) is 80.7 cm³/mol. The number of hydrogen-bond donors (Lipinski definition) is 1. The van der Waals surface area contributed by atoms with Crippen molar-refractivity contribution >= 4 is 38.0 Å². The van der Waals surface area contributed by atoms with Crippen LogP contribution in [0.4, 0.5) is 5.13 Å². The van der Waals surface area contributed by atoms with Crippen molar-refractivity contribution in [3.8, 4) is 0 Å². The fourth-order valence-corrected chi connectivity index (χ4v) is 3.67. The fraction of sp³-hybridized carbons (Fsp3) is 0.214. The molecule has 2 aromatic heterocycles. The Hall–Kier alpha value is -1.39. The predicted octanol–water partition coefficient (Wildman–Crippen LogP) is 4.59. The molecular weight excluding hydrogens is 260 g/mol. The van der Waals surface area contributed by atoms with Crippen molar-refractivity contribution in [3.05, 3.63) is 45.6 Å². The van der Waals surface area contributed by atoms with Crippen LogP contribution in [0.5, 0.6) is 0 Å². The first kappa shape index (κ1) is 11.7. The van der Waals surface area contributed by atoms with Crippen LogP contribution in [0.1, 0.15) is 15.3 Å². The maximum Gasteiger partial charge on any atom is 0.184 e. The summed E-state index contributed by atoms with van der Waals surface area (Å²) >= 11 is 3.55. The molecule has 0 bridgehead atoms. The standard InChI is InChI=1S/C14H14N2S2/c1-9-4-3-5-12-13(9)16-14(18-12)15-8-11-7-6-10(2)17-11/h3-7H,8H2,1-2H3,(H,15,16). The molecule has 4 heteroatoms. The van der Waals surface area contributed by atoms with Gasteiger partial charge in [0.15, 0.2) is 5.13 Å². The number of nitrogens with zero attached hydrogens (tertiary/aromatic N) is 1. The second-order valence-electron chi connectivity index (χ2n) is 4.31. The van der Waals surface area contributed by atoms with Gasteiger partial charge in [0.1, 0.15) is 0 Å². The van der Waals surface area contributed by atoms with Gasteiger partial charge in [-0.1, -0.05) is 23.5 Å². The van der Waals surface area contributed by atoms with Gasteiger partial charge in [-0.2, -0.15) is 0 Å². The number of aromatic nitrogens is 1. The van der Waals surface area contributed by atoms with Gasteiger partial charge in [0, 0.05) is 9.75 Å². The summed E-state index contributed by atoms with van der Waals surface area (Å²) in [5, 5.41) is 4.41. The largest absolute Gasteiger partial charge is 0.357 e. The third-order valence-electron chi connectivity index (χ3n) is 2.83. The maximum atomic E-state index is 4.65. The number of rotatable bonds is 3. The summed E-state index contributed by atoms with van der Waals surface area (Å²) in [5.74, 6) is 0. The molecule has 3 aromatic rings. The molecular formula is C14H14N2S2. The van der Waals surface area contributed by atoms with Gasteiger partial charge in [-0.15, -0.1) is 11.3 Å². The van der Waals surface area contributed by atoms with Crippen LogP contribution in [-0.2, 0) is 6.54 Å². The summed E-state index contributed by atoms with van der Waals surface area (Å²) < 4.78 is 1.25. The number of para-hydroxylation sites is 1. The first-order chi connectivity index (χ1) is 8.72. The zero-order valence-corrected chi connectivity index (χ0v) is 12.0. The van der Waals surface area contributed by atoms with E-state index in [0.717, 1.165) is 17.2 Å². The fourth-order valence-electron chi connectivity index (χ4n) is 1.90. The Bertz CT molecular complexity index is 682. The highest BCUT2D eigenvalue weighted by molar-refractivity contribution is 7.22. The summed E-state index contributed by atoms with van der Waals surface area (Å²) in [4.78, 5) is 7.35. The van der Waals surface area contributed by atoms with E-state index >= 15 is 0 Å². The minimum atomic E-state index is 0.859. The van der Waals surface area contributed by atoms with Gasteiger partial charge in [0.25, 0.3) is 0 Å². The van der Waals surface area contributed by atoms with Gasteiger partial charge in [-0.05, 0) is 37.6 Å². The molecule has 18 heavy (non-hydrogen) atoms. The van der Waals surface area contributed by atoms with Gasteiger partial charge in [0.2, 0.25) is 0 Å². The summed E-state index contributed by atoms with van der Waals surface area (Å²) in [6.45, 7) is 5.10. The first-order valence-electron chi connectivity index (χ1n) is 5.88. The number of hydrogen-bond acceptors (Lipinski definition) is 4. The van der Waals surface area contributed by atoms with Gasteiger partial charge in [-0.25, -0.2) is 4.98 Å². The van der Waals surface area contributed by atoms with E-state index in [-0.39, 0.29) is 0 Å². The van der Waals surface area contributed by atoms with Gasteiger partial charge < -0.3 is 5.32 Å². The molecule has 0 spiro atoms. The Morgan fingerprint density at radius 3 is 2.72 bits per heavy atom. The van der Waals surface area contributed by atoms with Crippen molar-refractivity contribution in [3.63, 3.8) is 0 Å². The normalized spacial score (nSPS) is 11.0. The zero-order valence-electron chi connectivity index (χ0n) is 10.4. The summed E-state index contributed by atoms with van der Waals surface area (Å²) in [6, 6.07) is 10.6. The summed E-state index contributed by atoms with van der Waals surface area (Å²) in [5.41, 5.74) is 2.36. The highest BCUT2D eigenvalue weighted by Crippen LogP contribution is 2.28. The lowest BCUT2D eigenvalue weighted by molar-refractivity contribution is 1.18. The molecule has 0 radical (unpaired) electrons. The molecule has 1 N–H and O–H groups in total.